The van der Waals surface area contributed by atoms with E-state index in [4.69, 9.17) is 4.74 Å². The molecule has 1 aromatic carbocycles. The van der Waals surface area contributed by atoms with E-state index < -0.39 is 0 Å². The van der Waals surface area contributed by atoms with Crippen LogP contribution in [0.25, 0.3) is 0 Å². The van der Waals surface area contributed by atoms with Crippen LogP contribution in [-0.4, -0.2) is 27.3 Å². The quantitative estimate of drug-likeness (QED) is 0.776. The molecule has 0 heterocycles. The van der Waals surface area contributed by atoms with Crippen molar-refractivity contribution in [3.8, 4) is 0 Å². The van der Waals surface area contributed by atoms with Crippen molar-refractivity contribution in [3.05, 3.63) is 35.6 Å². The van der Waals surface area contributed by atoms with Gasteiger partial charge in [0, 0.05) is 19.6 Å². The minimum Gasteiger partial charge on any atom is -0.384 e. The van der Waals surface area contributed by atoms with Crippen LogP contribution in [0.15, 0.2) is 24.3 Å². The summed E-state index contributed by atoms with van der Waals surface area (Å²) >= 11 is 0. The SMILES string of the molecule is CNCC(COC)c1cccc(F)c1. The number of likely N-dealkylation sites (N-methyl/N-ethyl adjacent to an activating group) is 1. The first kappa shape index (κ1) is 11.1. The van der Waals surface area contributed by atoms with E-state index in [1.165, 1.54) is 6.07 Å². The molecule has 0 spiro atoms. The lowest BCUT2D eigenvalue weighted by Gasteiger charge is -2.15. The van der Waals surface area contributed by atoms with Gasteiger partial charge in [-0.3, -0.25) is 0 Å². The Balaban J connectivity index is 2.75. The molecule has 0 saturated heterocycles. The van der Waals surface area contributed by atoms with Crippen LogP contribution in [0.5, 0.6) is 0 Å². The third kappa shape index (κ3) is 3.09. The zero-order valence-corrected chi connectivity index (χ0v) is 8.59. The van der Waals surface area contributed by atoms with E-state index in [2.05, 4.69) is 5.32 Å². The second-order valence-electron chi connectivity index (χ2n) is 3.26. The fourth-order valence-electron chi connectivity index (χ4n) is 1.48. The van der Waals surface area contributed by atoms with Crippen LogP contribution < -0.4 is 5.32 Å². The lowest BCUT2D eigenvalue weighted by atomic mass is 10.00. The Kier molecular flexibility index (Phi) is 4.56. The maximum atomic E-state index is 12.9. The van der Waals surface area contributed by atoms with Crippen molar-refractivity contribution in [2.45, 2.75) is 5.92 Å². The van der Waals surface area contributed by atoms with Crippen molar-refractivity contribution in [1.29, 1.82) is 0 Å². The van der Waals surface area contributed by atoms with E-state index >= 15 is 0 Å². The van der Waals surface area contributed by atoms with Crippen molar-refractivity contribution < 1.29 is 9.13 Å². The van der Waals surface area contributed by atoms with Gasteiger partial charge in [0.05, 0.1) is 6.61 Å². The third-order valence-corrected chi connectivity index (χ3v) is 2.14. The number of ether oxygens (including phenoxy) is 1. The highest BCUT2D eigenvalue weighted by Crippen LogP contribution is 2.16. The predicted octanol–water partition coefficient (Wildman–Crippen LogP) is 1.78. The summed E-state index contributed by atoms with van der Waals surface area (Å²) in [5, 5.41) is 3.07. The van der Waals surface area contributed by atoms with Crippen LogP contribution in [-0.2, 0) is 4.74 Å². The van der Waals surface area contributed by atoms with Gasteiger partial charge >= 0.3 is 0 Å². The molecule has 0 aromatic heterocycles. The summed E-state index contributed by atoms with van der Waals surface area (Å²) in [5.41, 5.74) is 0.973. The van der Waals surface area contributed by atoms with Crippen molar-refractivity contribution >= 4 is 0 Å². The number of halogens is 1. The summed E-state index contributed by atoms with van der Waals surface area (Å²) in [6.45, 7) is 1.39. The van der Waals surface area contributed by atoms with Crippen LogP contribution >= 0.6 is 0 Å². The zero-order valence-electron chi connectivity index (χ0n) is 8.59. The van der Waals surface area contributed by atoms with Gasteiger partial charge in [0.1, 0.15) is 5.82 Å². The monoisotopic (exact) mass is 197 g/mol. The van der Waals surface area contributed by atoms with E-state index in [0.717, 1.165) is 12.1 Å². The molecule has 0 radical (unpaired) electrons. The van der Waals surface area contributed by atoms with Gasteiger partial charge in [-0.2, -0.15) is 0 Å². The molecule has 3 heteroatoms. The minimum absolute atomic E-state index is 0.195. The average molecular weight is 197 g/mol. The normalized spacial score (nSPS) is 12.8. The summed E-state index contributed by atoms with van der Waals surface area (Å²) in [6.07, 6.45) is 0. The maximum Gasteiger partial charge on any atom is 0.123 e. The first-order valence-corrected chi connectivity index (χ1v) is 4.67. The Morgan fingerprint density at radius 2 is 2.29 bits per heavy atom. The van der Waals surface area contributed by atoms with E-state index in [1.54, 1.807) is 19.2 Å². The molecule has 78 valence electrons. The lowest BCUT2D eigenvalue weighted by molar-refractivity contribution is 0.178. The Bertz CT molecular complexity index is 272. The summed E-state index contributed by atoms with van der Waals surface area (Å²) in [5.74, 6) is 0.0143. The van der Waals surface area contributed by atoms with E-state index in [9.17, 15) is 4.39 Å². The minimum atomic E-state index is -0.195. The molecule has 2 nitrogen and oxygen atoms in total. The first-order valence-electron chi connectivity index (χ1n) is 4.67. The Morgan fingerprint density at radius 3 is 2.86 bits per heavy atom. The molecule has 1 aromatic rings. The molecule has 0 aliphatic rings. The summed E-state index contributed by atoms with van der Waals surface area (Å²) in [7, 11) is 3.53. The molecule has 0 bridgehead atoms. The van der Waals surface area contributed by atoms with E-state index in [0.29, 0.717) is 6.61 Å². The van der Waals surface area contributed by atoms with Crippen LogP contribution in [0.3, 0.4) is 0 Å². The van der Waals surface area contributed by atoms with Gasteiger partial charge in [-0.15, -0.1) is 0 Å². The number of rotatable bonds is 5. The topological polar surface area (TPSA) is 21.3 Å². The van der Waals surface area contributed by atoms with E-state index in [-0.39, 0.29) is 11.7 Å². The number of nitrogens with one attached hydrogen (secondary N) is 1. The Labute approximate surface area is 84.1 Å². The van der Waals surface area contributed by atoms with Gasteiger partial charge in [0.2, 0.25) is 0 Å². The van der Waals surface area contributed by atoms with Crippen LogP contribution in [0.2, 0.25) is 0 Å². The fraction of sp³-hybridized carbons (Fsp3) is 0.455. The number of hydrogen-bond donors (Lipinski definition) is 1. The van der Waals surface area contributed by atoms with Gasteiger partial charge < -0.3 is 10.1 Å². The number of methoxy groups -OCH3 is 1. The number of benzene rings is 1. The van der Waals surface area contributed by atoms with Crippen molar-refractivity contribution in [2.24, 2.45) is 0 Å². The second kappa shape index (κ2) is 5.73. The molecule has 0 aliphatic carbocycles. The molecule has 1 N–H and O–H groups in total. The van der Waals surface area contributed by atoms with Gasteiger partial charge in [-0.1, -0.05) is 12.1 Å². The molecule has 0 aliphatic heterocycles. The van der Waals surface area contributed by atoms with E-state index in [1.807, 2.05) is 13.1 Å². The van der Waals surface area contributed by atoms with Gasteiger partial charge in [-0.25, -0.2) is 4.39 Å². The van der Waals surface area contributed by atoms with Crippen molar-refractivity contribution in [3.63, 3.8) is 0 Å². The Hall–Kier alpha value is -0.930. The van der Waals surface area contributed by atoms with Crippen LogP contribution in [0, 0.1) is 5.82 Å². The van der Waals surface area contributed by atoms with Crippen molar-refractivity contribution in [2.75, 3.05) is 27.3 Å². The van der Waals surface area contributed by atoms with Crippen LogP contribution in [0.4, 0.5) is 4.39 Å². The summed E-state index contributed by atoms with van der Waals surface area (Å²) < 4.78 is 18.0. The highest BCUT2D eigenvalue weighted by Gasteiger charge is 2.10. The first-order chi connectivity index (χ1) is 6.77. The number of hydrogen-bond acceptors (Lipinski definition) is 2. The molecule has 0 amide bonds. The molecule has 1 unspecified atom stereocenters. The fourth-order valence-corrected chi connectivity index (χ4v) is 1.48. The maximum absolute atomic E-state index is 12.9. The summed E-state index contributed by atoms with van der Waals surface area (Å²) in [6, 6.07) is 6.65. The molecule has 1 rings (SSSR count). The molecular formula is C11H16FNO. The van der Waals surface area contributed by atoms with Crippen LogP contribution in [0.1, 0.15) is 11.5 Å². The summed E-state index contributed by atoms with van der Waals surface area (Å²) in [4.78, 5) is 0. The standard InChI is InChI=1S/C11H16FNO/c1-13-7-10(8-14-2)9-4-3-5-11(12)6-9/h3-6,10,13H,7-8H2,1-2H3. The Morgan fingerprint density at radius 1 is 1.50 bits per heavy atom. The van der Waals surface area contributed by atoms with Gasteiger partial charge in [0.15, 0.2) is 0 Å². The molecular weight excluding hydrogens is 181 g/mol. The largest absolute Gasteiger partial charge is 0.384 e. The highest BCUT2D eigenvalue weighted by molar-refractivity contribution is 5.21. The van der Waals surface area contributed by atoms with Gasteiger partial charge in [-0.05, 0) is 24.7 Å². The smallest absolute Gasteiger partial charge is 0.123 e. The molecule has 1 atom stereocenters. The third-order valence-electron chi connectivity index (χ3n) is 2.14. The molecule has 0 fully saturated rings. The molecule has 14 heavy (non-hydrogen) atoms. The lowest BCUT2D eigenvalue weighted by Crippen LogP contribution is -2.21. The predicted molar refractivity (Wildman–Crippen MR) is 54.9 cm³/mol. The van der Waals surface area contributed by atoms with Crippen molar-refractivity contribution in [1.82, 2.24) is 5.32 Å². The zero-order chi connectivity index (χ0) is 10.4. The molecule has 0 saturated carbocycles. The van der Waals surface area contributed by atoms with Gasteiger partial charge in [0.25, 0.3) is 0 Å². The highest BCUT2D eigenvalue weighted by atomic mass is 19.1. The second-order valence-corrected chi connectivity index (χ2v) is 3.26. The average Bonchev–Trinajstić information content (AvgIpc) is 2.17.